The van der Waals surface area contributed by atoms with Crippen molar-refractivity contribution in [1.82, 2.24) is 9.97 Å². The molecule has 0 saturated heterocycles. The number of sulfone groups is 1. The fraction of sp³-hybridized carbons (Fsp3) is 0.375. The lowest BCUT2D eigenvalue weighted by Gasteiger charge is -2.04. The largest absolute Gasteiger partial charge is 0.384 e. The molecular weight excluding hydrogens is 218 g/mol. The summed E-state index contributed by atoms with van der Waals surface area (Å²) in [7, 11) is -3.87. The smallest absolute Gasteiger partial charge is 0.314 e. The lowest BCUT2D eigenvalue weighted by Crippen LogP contribution is -2.25. The highest BCUT2D eigenvalue weighted by atomic mass is 32.2. The molecule has 1 aromatic rings. The molecule has 1 heterocycles. The Morgan fingerprint density at radius 1 is 1.47 bits per heavy atom. The number of nitrogens with two attached hydrogens (primary N) is 1. The van der Waals surface area contributed by atoms with E-state index in [4.69, 9.17) is 5.73 Å². The van der Waals surface area contributed by atoms with Crippen LogP contribution in [0.1, 0.15) is 24.5 Å². The molecule has 1 rings (SSSR count). The Bertz CT molecular complexity index is 482. The topological polar surface area (TPSA) is 103 Å². The van der Waals surface area contributed by atoms with Crippen LogP contribution in [-0.4, -0.2) is 28.8 Å². The summed E-state index contributed by atoms with van der Waals surface area (Å²) >= 11 is 0. The van der Waals surface area contributed by atoms with Crippen LogP contribution < -0.4 is 5.73 Å². The Kier molecular flexibility index (Phi) is 3.04. The molecule has 0 bridgehead atoms. The first-order valence-corrected chi connectivity index (χ1v) is 5.77. The van der Waals surface area contributed by atoms with Crippen LogP contribution in [0.3, 0.4) is 0 Å². The molecule has 82 valence electrons. The van der Waals surface area contributed by atoms with Crippen molar-refractivity contribution >= 4 is 20.8 Å². The summed E-state index contributed by atoms with van der Waals surface area (Å²) in [5.41, 5.74) is 5.32. The normalized spacial score (nSPS) is 11.7. The van der Waals surface area contributed by atoms with Crippen molar-refractivity contribution in [3.05, 3.63) is 18.1 Å². The van der Waals surface area contributed by atoms with Crippen molar-refractivity contribution in [2.24, 2.45) is 0 Å². The SMILES string of the molecule is CC(C)S(=O)(=O)C(=O)c1nccc(N)n1. The first-order chi connectivity index (χ1) is 6.85. The predicted molar refractivity (Wildman–Crippen MR) is 54.8 cm³/mol. The van der Waals surface area contributed by atoms with E-state index in [0.717, 1.165) is 0 Å². The van der Waals surface area contributed by atoms with Gasteiger partial charge in [0, 0.05) is 6.20 Å². The fourth-order valence-corrected chi connectivity index (χ4v) is 1.59. The predicted octanol–water partition coefficient (Wildman–Crippen LogP) is 0.0222. The molecular formula is C8H11N3O3S. The first-order valence-electron chi connectivity index (χ1n) is 4.22. The van der Waals surface area contributed by atoms with Gasteiger partial charge in [-0.3, -0.25) is 4.79 Å². The number of rotatable bonds is 2. The molecule has 0 atom stereocenters. The Hall–Kier alpha value is -1.50. The number of aromatic nitrogens is 2. The van der Waals surface area contributed by atoms with Crippen molar-refractivity contribution in [3.63, 3.8) is 0 Å². The van der Waals surface area contributed by atoms with Crippen LogP contribution in [0.15, 0.2) is 12.3 Å². The third-order valence-corrected chi connectivity index (χ3v) is 3.68. The summed E-state index contributed by atoms with van der Waals surface area (Å²) in [6.45, 7) is 2.83. The van der Waals surface area contributed by atoms with Crippen molar-refractivity contribution in [1.29, 1.82) is 0 Å². The number of carbonyl (C=O) groups is 1. The molecule has 2 N–H and O–H groups in total. The second-order valence-electron chi connectivity index (χ2n) is 3.19. The number of hydrogen-bond acceptors (Lipinski definition) is 6. The zero-order valence-corrected chi connectivity index (χ0v) is 9.15. The van der Waals surface area contributed by atoms with Gasteiger partial charge in [-0.1, -0.05) is 0 Å². The summed E-state index contributed by atoms with van der Waals surface area (Å²) in [4.78, 5) is 18.6. The lowest BCUT2D eigenvalue weighted by molar-refractivity contribution is 0.106. The van der Waals surface area contributed by atoms with Crippen molar-refractivity contribution in [3.8, 4) is 0 Å². The van der Waals surface area contributed by atoms with Gasteiger partial charge in [0.2, 0.25) is 15.7 Å². The van der Waals surface area contributed by atoms with Gasteiger partial charge < -0.3 is 5.73 Å². The molecule has 0 saturated carbocycles. The average molecular weight is 229 g/mol. The van der Waals surface area contributed by atoms with Gasteiger partial charge in [0.25, 0.3) is 0 Å². The van der Waals surface area contributed by atoms with E-state index in [2.05, 4.69) is 9.97 Å². The van der Waals surface area contributed by atoms with Crippen LogP contribution in [0.25, 0.3) is 0 Å². The van der Waals surface area contributed by atoms with E-state index in [1.807, 2.05) is 0 Å². The maximum Gasteiger partial charge on any atom is 0.314 e. The van der Waals surface area contributed by atoms with E-state index in [1.165, 1.54) is 26.1 Å². The molecule has 0 aliphatic rings. The summed E-state index contributed by atoms with van der Waals surface area (Å²) in [5.74, 6) is -0.323. The van der Waals surface area contributed by atoms with Gasteiger partial charge >= 0.3 is 5.12 Å². The molecule has 0 fully saturated rings. The fourth-order valence-electron chi connectivity index (χ4n) is 0.812. The van der Waals surface area contributed by atoms with Crippen LogP contribution in [0.4, 0.5) is 5.82 Å². The van der Waals surface area contributed by atoms with Gasteiger partial charge in [0.05, 0.1) is 5.25 Å². The van der Waals surface area contributed by atoms with Crippen LogP contribution in [0.5, 0.6) is 0 Å². The maximum absolute atomic E-state index is 11.5. The molecule has 1 aromatic heterocycles. The zero-order valence-electron chi connectivity index (χ0n) is 8.34. The molecule has 0 aliphatic carbocycles. The van der Waals surface area contributed by atoms with Gasteiger partial charge in [0.1, 0.15) is 5.82 Å². The Morgan fingerprint density at radius 2 is 2.07 bits per heavy atom. The monoisotopic (exact) mass is 229 g/mol. The minimum Gasteiger partial charge on any atom is -0.384 e. The van der Waals surface area contributed by atoms with E-state index in [1.54, 1.807) is 0 Å². The maximum atomic E-state index is 11.5. The van der Waals surface area contributed by atoms with Gasteiger partial charge in [-0.25, -0.2) is 18.4 Å². The second-order valence-corrected chi connectivity index (χ2v) is 5.59. The molecule has 0 aliphatic heterocycles. The molecule has 7 heteroatoms. The van der Waals surface area contributed by atoms with Crippen LogP contribution in [0, 0.1) is 0 Å². The number of anilines is 1. The summed E-state index contributed by atoms with van der Waals surface area (Å²) in [6.07, 6.45) is 1.24. The van der Waals surface area contributed by atoms with Gasteiger partial charge in [-0.15, -0.1) is 0 Å². The highest BCUT2D eigenvalue weighted by molar-refractivity contribution is 8.07. The molecule has 0 unspecified atom stereocenters. The van der Waals surface area contributed by atoms with Gasteiger partial charge in [0.15, 0.2) is 0 Å². The third-order valence-electron chi connectivity index (χ3n) is 1.74. The van der Waals surface area contributed by atoms with Crippen molar-refractivity contribution in [2.45, 2.75) is 19.1 Å². The standard InChI is InChI=1S/C8H11N3O3S/c1-5(2)15(13,14)8(12)7-10-4-3-6(9)11-7/h3-5H,1-2H3,(H2,9,10,11). The van der Waals surface area contributed by atoms with E-state index in [9.17, 15) is 13.2 Å². The summed E-state index contributed by atoms with van der Waals surface area (Å²) in [5, 5.41) is -1.89. The molecule has 15 heavy (non-hydrogen) atoms. The average Bonchev–Trinajstić information content (AvgIpc) is 2.16. The quantitative estimate of drug-likeness (QED) is 0.766. The van der Waals surface area contributed by atoms with Crippen LogP contribution >= 0.6 is 0 Å². The third kappa shape index (κ3) is 2.30. The van der Waals surface area contributed by atoms with Crippen molar-refractivity contribution in [2.75, 3.05) is 5.73 Å². The zero-order chi connectivity index (χ0) is 11.6. The first kappa shape index (κ1) is 11.6. The van der Waals surface area contributed by atoms with Gasteiger partial charge in [-0.2, -0.15) is 0 Å². The summed E-state index contributed by atoms with van der Waals surface area (Å²) in [6, 6.07) is 1.37. The Labute approximate surface area is 87.5 Å². The molecule has 0 aromatic carbocycles. The Morgan fingerprint density at radius 3 is 2.53 bits per heavy atom. The molecule has 6 nitrogen and oxygen atoms in total. The lowest BCUT2D eigenvalue weighted by atomic mass is 10.5. The highest BCUT2D eigenvalue weighted by Crippen LogP contribution is 2.08. The van der Waals surface area contributed by atoms with Gasteiger partial charge in [-0.05, 0) is 19.9 Å². The van der Waals surface area contributed by atoms with E-state index in [-0.39, 0.29) is 11.6 Å². The van der Waals surface area contributed by atoms with Crippen LogP contribution in [-0.2, 0) is 9.84 Å². The molecule has 0 amide bonds. The number of nitrogens with zero attached hydrogens (tertiary/aromatic N) is 2. The number of nitrogen functional groups attached to an aromatic ring is 1. The Balaban J connectivity index is 3.17. The van der Waals surface area contributed by atoms with E-state index in [0.29, 0.717) is 0 Å². The number of hydrogen-bond donors (Lipinski definition) is 1. The second kappa shape index (κ2) is 3.93. The van der Waals surface area contributed by atoms with E-state index < -0.39 is 20.2 Å². The molecule has 0 spiro atoms. The van der Waals surface area contributed by atoms with Crippen molar-refractivity contribution < 1.29 is 13.2 Å². The molecule has 0 radical (unpaired) electrons. The highest BCUT2D eigenvalue weighted by Gasteiger charge is 2.29. The minimum absolute atomic E-state index is 0.0623. The minimum atomic E-state index is -3.87. The number of carbonyl (C=O) groups excluding carboxylic acids is 1. The van der Waals surface area contributed by atoms with Crippen LogP contribution in [0.2, 0.25) is 0 Å². The van der Waals surface area contributed by atoms with E-state index >= 15 is 0 Å². The summed E-state index contributed by atoms with van der Waals surface area (Å²) < 4.78 is 22.9.